The lowest BCUT2D eigenvalue weighted by molar-refractivity contribution is -0.147. The van der Waals surface area contributed by atoms with Crippen LogP contribution in [0.15, 0.2) is 48.5 Å². The van der Waals surface area contributed by atoms with Crippen molar-refractivity contribution in [3.05, 3.63) is 65.2 Å². The highest BCUT2D eigenvalue weighted by molar-refractivity contribution is 5.98. The summed E-state index contributed by atoms with van der Waals surface area (Å²) in [4.78, 5) is 35.9. The zero-order chi connectivity index (χ0) is 21.4. The van der Waals surface area contributed by atoms with Gasteiger partial charge in [-0.3, -0.25) is 14.4 Å². The molecule has 0 bridgehead atoms. The minimum absolute atomic E-state index is 0.00369. The number of benzene rings is 2. The van der Waals surface area contributed by atoms with E-state index in [4.69, 9.17) is 10.00 Å². The van der Waals surface area contributed by atoms with E-state index in [0.717, 1.165) is 5.56 Å². The first-order valence-corrected chi connectivity index (χ1v) is 9.28. The molecule has 2 aromatic rings. The van der Waals surface area contributed by atoms with Gasteiger partial charge in [-0.1, -0.05) is 45.0 Å². The molecule has 6 nitrogen and oxygen atoms in total. The molecule has 0 saturated heterocycles. The molecule has 0 aliphatic heterocycles. The summed E-state index contributed by atoms with van der Waals surface area (Å²) < 4.78 is 4.92. The Morgan fingerprint density at radius 2 is 1.59 bits per heavy atom. The second-order valence-corrected chi connectivity index (χ2v) is 7.65. The second kappa shape index (κ2) is 9.65. The number of amides is 1. The maximum absolute atomic E-state index is 12.2. The largest absolute Gasteiger partial charge is 0.456 e. The summed E-state index contributed by atoms with van der Waals surface area (Å²) in [7, 11) is 0. The average Bonchev–Trinajstić information content (AvgIpc) is 2.70. The first kappa shape index (κ1) is 21.8. The molecule has 6 heteroatoms. The molecule has 0 aliphatic rings. The molecule has 0 atom stereocenters. The average molecular weight is 392 g/mol. The van der Waals surface area contributed by atoms with Crippen molar-refractivity contribution < 1.29 is 19.1 Å². The van der Waals surface area contributed by atoms with Crippen molar-refractivity contribution in [3.8, 4) is 6.07 Å². The number of hydrogen-bond acceptors (Lipinski definition) is 5. The number of anilines is 1. The highest BCUT2D eigenvalue weighted by atomic mass is 16.5. The molecule has 0 fully saturated rings. The second-order valence-electron chi connectivity index (χ2n) is 7.65. The minimum atomic E-state index is -0.611. The number of nitrogens with zero attached hydrogens (tertiary/aromatic N) is 1. The lowest BCUT2D eigenvalue weighted by atomic mass is 9.86. The molecule has 0 aliphatic carbocycles. The number of nitriles is 1. The van der Waals surface area contributed by atoms with E-state index in [2.05, 4.69) is 26.1 Å². The predicted octanol–water partition coefficient (Wildman–Crippen LogP) is 4.00. The summed E-state index contributed by atoms with van der Waals surface area (Å²) in [6.45, 7) is 5.85. The topological polar surface area (TPSA) is 96.3 Å². The van der Waals surface area contributed by atoms with Crippen LogP contribution >= 0.6 is 0 Å². The number of ether oxygens (including phenoxy) is 1. The van der Waals surface area contributed by atoms with Crippen LogP contribution in [0.3, 0.4) is 0 Å². The van der Waals surface area contributed by atoms with Gasteiger partial charge in [0.05, 0.1) is 18.1 Å². The van der Waals surface area contributed by atoms with Crippen molar-refractivity contribution in [3.63, 3.8) is 0 Å². The first-order chi connectivity index (χ1) is 13.7. The molecule has 2 aromatic carbocycles. The number of ketones is 1. The molecular formula is C23H24N2O4. The minimum Gasteiger partial charge on any atom is -0.456 e. The van der Waals surface area contributed by atoms with Crippen LogP contribution in [0.4, 0.5) is 5.69 Å². The monoisotopic (exact) mass is 392 g/mol. The van der Waals surface area contributed by atoms with Gasteiger partial charge in [0.2, 0.25) is 0 Å². The van der Waals surface area contributed by atoms with Gasteiger partial charge in [0.1, 0.15) is 0 Å². The SMILES string of the molecule is CC(C)(C)c1ccc(C(=O)CCC(=O)OCC(=O)Nc2ccc(C#N)cc2)cc1. The zero-order valence-electron chi connectivity index (χ0n) is 16.8. The molecule has 0 radical (unpaired) electrons. The summed E-state index contributed by atoms with van der Waals surface area (Å²) in [5.74, 6) is -1.25. The fraction of sp³-hybridized carbons (Fsp3) is 0.304. The predicted molar refractivity (Wildman–Crippen MR) is 109 cm³/mol. The lowest BCUT2D eigenvalue weighted by Crippen LogP contribution is -2.21. The Morgan fingerprint density at radius 3 is 2.14 bits per heavy atom. The van der Waals surface area contributed by atoms with E-state index in [1.807, 2.05) is 18.2 Å². The van der Waals surface area contributed by atoms with Crippen molar-refractivity contribution in [1.82, 2.24) is 0 Å². The van der Waals surface area contributed by atoms with Crippen LogP contribution < -0.4 is 5.32 Å². The Labute approximate surface area is 170 Å². The van der Waals surface area contributed by atoms with E-state index >= 15 is 0 Å². The van der Waals surface area contributed by atoms with E-state index in [1.54, 1.807) is 36.4 Å². The normalized spacial score (nSPS) is 10.7. The van der Waals surface area contributed by atoms with Gasteiger partial charge in [0.15, 0.2) is 12.4 Å². The van der Waals surface area contributed by atoms with Crippen LogP contribution in [-0.4, -0.2) is 24.3 Å². The molecular weight excluding hydrogens is 368 g/mol. The fourth-order valence-electron chi connectivity index (χ4n) is 2.56. The van der Waals surface area contributed by atoms with Gasteiger partial charge >= 0.3 is 5.97 Å². The van der Waals surface area contributed by atoms with Crippen LogP contribution in [0, 0.1) is 11.3 Å². The van der Waals surface area contributed by atoms with Gasteiger partial charge in [0.25, 0.3) is 5.91 Å². The van der Waals surface area contributed by atoms with Crippen molar-refractivity contribution in [2.45, 2.75) is 39.0 Å². The summed E-state index contributed by atoms with van der Waals surface area (Å²) in [5.41, 5.74) is 2.65. The maximum Gasteiger partial charge on any atom is 0.306 e. The third-order valence-electron chi connectivity index (χ3n) is 4.29. The highest BCUT2D eigenvalue weighted by Crippen LogP contribution is 2.22. The van der Waals surface area contributed by atoms with Gasteiger partial charge in [-0.15, -0.1) is 0 Å². The third-order valence-corrected chi connectivity index (χ3v) is 4.29. The number of carbonyl (C=O) groups excluding carboxylic acids is 3. The molecule has 29 heavy (non-hydrogen) atoms. The summed E-state index contributed by atoms with van der Waals surface area (Å²) in [6, 6.07) is 15.7. The van der Waals surface area contributed by atoms with Gasteiger partial charge in [0, 0.05) is 17.7 Å². The maximum atomic E-state index is 12.2. The molecule has 1 amide bonds. The molecule has 0 spiro atoms. The van der Waals surface area contributed by atoms with E-state index in [-0.39, 0.29) is 24.0 Å². The molecule has 0 aromatic heterocycles. The zero-order valence-corrected chi connectivity index (χ0v) is 16.8. The van der Waals surface area contributed by atoms with E-state index in [1.165, 1.54) is 0 Å². The number of hydrogen-bond donors (Lipinski definition) is 1. The Kier molecular flexibility index (Phi) is 7.27. The van der Waals surface area contributed by atoms with E-state index in [9.17, 15) is 14.4 Å². The molecule has 150 valence electrons. The van der Waals surface area contributed by atoms with Crippen LogP contribution in [-0.2, 0) is 19.7 Å². The Hall–Kier alpha value is -3.46. The third kappa shape index (κ3) is 6.89. The summed E-state index contributed by atoms with van der Waals surface area (Å²) in [6.07, 6.45) is -0.0745. The van der Waals surface area contributed by atoms with E-state index < -0.39 is 18.5 Å². The number of carbonyl (C=O) groups is 3. The molecule has 0 unspecified atom stereocenters. The Bertz CT molecular complexity index is 917. The van der Waals surface area contributed by atoms with Crippen molar-refractivity contribution in [2.24, 2.45) is 0 Å². The van der Waals surface area contributed by atoms with Crippen LogP contribution in [0.2, 0.25) is 0 Å². The quantitative estimate of drug-likeness (QED) is 0.567. The van der Waals surface area contributed by atoms with Crippen molar-refractivity contribution >= 4 is 23.3 Å². The smallest absolute Gasteiger partial charge is 0.306 e. The van der Waals surface area contributed by atoms with Gasteiger partial charge in [-0.05, 0) is 35.2 Å². The standard InChI is InChI=1S/C23H24N2O4/c1-23(2,3)18-8-6-17(7-9-18)20(26)12-13-22(28)29-15-21(27)25-19-10-4-16(14-24)5-11-19/h4-11H,12-13,15H2,1-3H3,(H,25,27). The number of rotatable bonds is 7. The number of esters is 1. The molecule has 2 rings (SSSR count). The summed E-state index contributed by atoms with van der Waals surface area (Å²) in [5, 5.41) is 11.3. The van der Waals surface area contributed by atoms with Crippen LogP contribution in [0.25, 0.3) is 0 Å². The van der Waals surface area contributed by atoms with E-state index in [0.29, 0.717) is 16.8 Å². The highest BCUT2D eigenvalue weighted by Gasteiger charge is 2.15. The Balaban J connectivity index is 1.75. The van der Waals surface area contributed by atoms with Gasteiger partial charge in [-0.25, -0.2) is 0 Å². The fourth-order valence-corrected chi connectivity index (χ4v) is 2.56. The van der Waals surface area contributed by atoms with Crippen molar-refractivity contribution in [1.29, 1.82) is 5.26 Å². The van der Waals surface area contributed by atoms with Crippen LogP contribution in [0.5, 0.6) is 0 Å². The lowest BCUT2D eigenvalue weighted by Gasteiger charge is -2.18. The van der Waals surface area contributed by atoms with Gasteiger partial charge in [-0.2, -0.15) is 5.26 Å². The summed E-state index contributed by atoms with van der Waals surface area (Å²) >= 11 is 0. The molecule has 0 heterocycles. The Morgan fingerprint density at radius 1 is 0.966 bits per heavy atom. The number of nitrogens with one attached hydrogen (secondary N) is 1. The molecule has 1 N–H and O–H groups in total. The first-order valence-electron chi connectivity index (χ1n) is 9.28. The van der Waals surface area contributed by atoms with Gasteiger partial charge < -0.3 is 10.1 Å². The number of Topliss-reactive ketones (excluding diaryl/α,β-unsaturated/α-hetero) is 1. The van der Waals surface area contributed by atoms with Crippen LogP contribution in [0.1, 0.15) is 55.1 Å². The molecule has 0 saturated carbocycles. The van der Waals surface area contributed by atoms with Crippen molar-refractivity contribution in [2.75, 3.05) is 11.9 Å².